The van der Waals surface area contributed by atoms with Gasteiger partial charge in [0.15, 0.2) is 0 Å². The molecule has 3 saturated heterocycles. The van der Waals surface area contributed by atoms with Crippen LogP contribution < -0.4 is 5.32 Å². The Hall–Kier alpha value is -2.51. The number of hydrogen-bond acceptors (Lipinski definition) is 5. The SMILES string of the molecule is CC(=O)NC[C@H]1[C@H]2C[C@H](CN(C(=O)CCc3cnccn3)C2)[C@@H]2CCCC(=O)N21. The number of aryl methyl sites for hydroxylation is 1. The molecule has 1 aromatic rings. The van der Waals surface area contributed by atoms with Crippen LogP contribution in [0.4, 0.5) is 0 Å². The van der Waals surface area contributed by atoms with Crippen LogP contribution in [-0.2, 0) is 20.8 Å². The van der Waals surface area contributed by atoms with Crippen LogP contribution in [0.25, 0.3) is 0 Å². The molecule has 1 N–H and O–H groups in total. The first kappa shape index (κ1) is 19.8. The number of nitrogens with one attached hydrogen (secondary N) is 1. The third-order valence-electron chi connectivity index (χ3n) is 6.62. The van der Waals surface area contributed by atoms with Crippen molar-refractivity contribution in [1.29, 1.82) is 0 Å². The van der Waals surface area contributed by atoms with Crippen molar-refractivity contribution in [1.82, 2.24) is 25.1 Å². The zero-order chi connectivity index (χ0) is 20.4. The standard InChI is InChI=1S/C21H29N5O3/c1-14(27)24-11-19-16-9-15(18-3-2-4-21(29)26(18)19)12-25(13-16)20(28)6-5-17-10-22-7-8-23-17/h7-8,10,15-16,18-19H,2-6,9,11-13H2,1H3,(H,24,27)/t15-,16+,18+,19+/m1/s1. The highest BCUT2D eigenvalue weighted by molar-refractivity contribution is 5.79. The fourth-order valence-corrected chi connectivity index (χ4v) is 5.34. The number of carbonyl (C=O) groups is 3. The molecular formula is C21H29N5O3. The van der Waals surface area contributed by atoms with E-state index in [2.05, 4.69) is 20.2 Å². The summed E-state index contributed by atoms with van der Waals surface area (Å²) in [4.78, 5) is 49.5. The van der Waals surface area contributed by atoms with Gasteiger partial charge < -0.3 is 15.1 Å². The molecule has 0 radical (unpaired) electrons. The zero-order valence-electron chi connectivity index (χ0n) is 16.9. The zero-order valence-corrected chi connectivity index (χ0v) is 16.9. The van der Waals surface area contributed by atoms with Crippen LogP contribution in [0.3, 0.4) is 0 Å². The van der Waals surface area contributed by atoms with Gasteiger partial charge in [0, 0.05) is 64.0 Å². The van der Waals surface area contributed by atoms with Gasteiger partial charge >= 0.3 is 0 Å². The van der Waals surface area contributed by atoms with E-state index in [1.54, 1.807) is 18.6 Å². The molecule has 2 bridgehead atoms. The van der Waals surface area contributed by atoms with Crippen molar-refractivity contribution >= 4 is 17.7 Å². The predicted octanol–water partition coefficient (Wildman–Crippen LogP) is 0.773. The Kier molecular flexibility index (Phi) is 5.78. The van der Waals surface area contributed by atoms with Crippen molar-refractivity contribution < 1.29 is 14.4 Å². The van der Waals surface area contributed by atoms with E-state index in [0.717, 1.165) is 31.5 Å². The third-order valence-corrected chi connectivity index (χ3v) is 6.62. The Bertz CT molecular complexity index is 771. The minimum Gasteiger partial charge on any atom is -0.354 e. The summed E-state index contributed by atoms with van der Waals surface area (Å²) in [5.74, 6) is 0.792. The third kappa shape index (κ3) is 4.26. The van der Waals surface area contributed by atoms with Crippen molar-refractivity contribution in [2.24, 2.45) is 11.8 Å². The number of amides is 3. The van der Waals surface area contributed by atoms with Gasteiger partial charge in [-0.2, -0.15) is 0 Å². The molecule has 0 aliphatic carbocycles. The van der Waals surface area contributed by atoms with E-state index in [0.29, 0.717) is 38.3 Å². The molecule has 3 aliphatic heterocycles. The summed E-state index contributed by atoms with van der Waals surface area (Å²) in [6.45, 7) is 3.34. The Morgan fingerprint density at radius 2 is 2.07 bits per heavy atom. The van der Waals surface area contributed by atoms with Gasteiger partial charge in [0.2, 0.25) is 17.7 Å². The molecule has 3 amide bonds. The Balaban J connectivity index is 1.46. The number of rotatable bonds is 5. The predicted molar refractivity (Wildman–Crippen MR) is 105 cm³/mol. The lowest BCUT2D eigenvalue weighted by molar-refractivity contribution is -0.156. The smallest absolute Gasteiger partial charge is 0.223 e. The molecule has 3 aliphatic rings. The lowest BCUT2D eigenvalue weighted by Crippen LogP contribution is -2.67. The van der Waals surface area contributed by atoms with E-state index in [4.69, 9.17) is 0 Å². The number of likely N-dealkylation sites (tertiary alicyclic amines) is 1. The average molecular weight is 399 g/mol. The minimum absolute atomic E-state index is 0.0245. The molecule has 0 aromatic carbocycles. The molecule has 4 rings (SSSR count). The van der Waals surface area contributed by atoms with E-state index >= 15 is 0 Å². The summed E-state index contributed by atoms with van der Waals surface area (Å²) in [5.41, 5.74) is 0.825. The second-order valence-corrected chi connectivity index (χ2v) is 8.52. The van der Waals surface area contributed by atoms with E-state index in [9.17, 15) is 14.4 Å². The van der Waals surface area contributed by atoms with Gasteiger partial charge in [0.05, 0.1) is 11.7 Å². The van der Waals surface area contributed by atoms with Gasteiger partial charge in [0.25, 0.3) is 0 Å². The van der Waals surface area contributed by atoms with Crippen molar-refractivity contribution in [2.75, 3.05) is 19.6 Å². The maximum Gasteiger partial charge on any atom is 0.223 e. The Labute approximate surface area is 171 Å². The van der Waals surface area contributed by atoms with Gasteiger partial charge in [-0.1, -0.05) is 0 Å². The van der Waals surface area contributed by atoms with E-state index in [1.807, 2.05) is 4.90 Å². The van der Waals surface area contributed by atoms with Crippen molar-refractivity contribution in [3.05, 3.63) is 24.3 Å². The number of hydrogen-bond donors (Lipinski definition) is 1. The maximum absolute atomic E-state index is 12.9. The molecule has 8 nitrogen and oxygen atoms in total. The van der Waals surface area contributed by atoms with E-state index < -0.39 is 0 Å². The Morgan fingerprint density at radius 3 is 2.83 bits per heavy atom. The van der Waals surface area contributed by atoms with Gasteiger partial charge in [-0.05, 0) is 37.5 Å². The Morgan fingerprint density at radius 1 is 1.24 bits per heavy atom. The number of piperidine rings is 3. The lowest BCUT2D eigenvalue weighted by Gasteiger charge is -2.56. The van der Waals surface area contributed by atoms with Crippen molar-refractivity contribution in [3.63, 3.8) is 0 Å². The maximum atomic E-state index is 12.9. The van der Waals surface area contributed by atoms with Crippen LogP contribution >= 0.6 is 0 Å². The highest BCUT2D eigenvalue weighted by Gasteiger charge is 2.49. The summed E-state index contributed by atoms with van der Waals surface area (Å²) >= 11 is 0. The van der Waals surface area contributed by atoms with Crippen LogP contribution in [-0.4, -0.2) is 69.2 Å². The highest BCUT2D eigenvalue weighted by Crippen LogP contribution is 2.41. The number of nitrogens with zero attached hydrogens (tertiary/aromatic N) is 4. The molecule has 3 fully saturated rings. The normalized spacial score (nSPS) is 28.7. The summed E-state index contributed by atoms with van der Waals surface area (Å²) < 4.78 is 0. The van der Waals surface area contributed by atoms with Gasteiger partial charge in [-0.25, -0.2) is 0 Å². The van der Waals surface area contributed by atoms with Gasteiger partial charge in [0.1, 0.15) is 0 Å². The molecule has 0 spiro atoms. The monoisotopic (exact) mass is 399 g/mol. The molecular weight excluding hydrogens is 370 g/mol. The van der Waals surface area contributed by atoms with Crippen LogP contribution in [0, 0.1) is 11.8 Å². The minimum atomic E-state index is -0.0826. The molecule has 4 heterocycles. The molecule has 0 saturated carbocycles. The first-order chi connectivity index (χ1) is 14.0. The van der Waals surface area contributed by atoms with Crippen molar-refractivity contribution in [3.8, 4) is 0 Å². The van der Waals surface area contributed by atoms with Crippen LogP contribution in [0.2, 0.25) is 0 Å². The molecule has 4 atom stereocenters. The topological polar surface area (TPSA) is 95.5 Å². The average Bonchev–Trinajstić information content (AvgIpc) is 2.73. The quantitative estimate of drug-likeness (QED) is 0.789. The molecule has 8 heteroatoms. The number of fused-ring (bicyclic) bond motifs is 4. The highest BCUT2D eigenvalue weighted by atomic mass is 16.2. The second-order valence-electron chi connectivity index (χ2n) is 8.52. The summed E-state index contributed by atoms with van der Waals surface area (Å²) in [7, 11) is 0. The van der Waals surface area contributed by atoms with Crippen molar-refractivity contribution in [2.45, 2.75) is 57.5 Å². The summed E-state index contributed by atoms with van der Waals surface area (Å²) in [5, 5.41) is 2.91. The fourth-order valence-electron chi connectivity index (χ4n) is 5.34. The van der Waals surface area contributed by atoms with E-state index in [-0.39, 0.29) is 35.7 Å². The molecule has 0 unspecified atom stereocenters. The lowest BCUT2D eigenvalue weighted by atomic mass is 9.72. The van der Waals surface area contributed by atoms with Crippen LogP contribution in [0.5, 0.6) is 0 Å². The molecule has 1 aromatic heterocycles. The number of aromatic nitrogens is 2. The fraction of sp³-hybridized carbons (Fsp3) is 0.667. The molecule has 29 heavy (non-hydrogen) atoms. The first-order valence-electron chi connectivity index (χ1n) is 10.6. The summed E-state index contributed by atoms with van der Waals surface area (Å²) in [6.07, 6.45) is 9.49. The summed E-state index contributed by atoms with van der Waals surface area (Å²) in [6, 6.07) is 0.158. The molecule has 156 valence electrons. The first-order valence-corrected chi connectivity index (χ1v) is 10.6. The van der Waals surface area contributed by atoms with Crippen LogP contribution in [0.1, 0.15) is 44.7 Å². The van der Waals surface area contributed by atoms with Crippen LogP contribution in [0.15, 0.2) is 18.6 Å². The van der Waals surface area contributed by atoms with Gasteiger partial charge in [-0.15, -0.1) is 0 Å². The van der Waals surface area contributed by atoms with E-state index in [1.165, 1.54) is 6.92 Å². The number of carbonyl (C=O) groups excluding carboxylic acids is 3. The second kappa shape index (κ2) is 8.47. The largest absolute Gasteiger partial charge is 0.354 e. The van der Waals surface area contributed by atoms with Gasteiger partial charge in [-0.3, -0.25) is 24.4 Å².